The molecular weight excluding hydrogens is 148 g/mol. The number of aryl methyl sites for hydroxylation is 1. The molecule has 1 nitrogen and oxygen atoms in total. The third-order valence-corrected chi connectivity index (χ3v) is 2.20. The van der Waals surface area contributed by atoms with E-state index in [0.717, 1.165) is 0 Å². The van der Waals surface area contributed by atoms with Crippen LogP contribution in [0.2, 0.25) is 0 Å². The van der Waals surface area contributed by atoms with Gasteiger partial charge in [0.1, 0.15) is 0 Å². The Labute approximate surface area is 74.8 Å². The molecule has 0 aliphatic heterocycles. The van der Waals surface area contributed by atoms with Crippen molar-refractivity contribution in [3.05, 3.63) is 23.7 Å². The molecule has 0 radical (unpaired) electrons. The first-order valence-corrected chi connectivity index (χ1v) is 4.80. The molecule has 0 saturated heterocycles. The zero-order valence-corrected chi connectivity index (χ0v) is 8.26. The molecule has 12 heavy (non-hydrogen) atoms. The van der Waals surface area contributed by atoms with Crippen LogP contribution in [0.25, 0.3) is 0 Å². The fraction of sp³-hybridized carbons (Fsp3) is 0.636. The van der Waals surface area contributed by atoms with Crippen molar-refractivity contribution in [2.75, 3.05) is 0 Å². The molecule has 68 valence electrons. The number of furan rings is 1. The van der Waals surface area contributed by atoms with Crippen molar-refractivity contribution < 1.29 is 4.42 Å². The molecule has 0 unspecified atom stereocenters. The predicted octanol–water partition coefficient (Wildman–Crippen LogP) is 3.75. The Kier molecular flexibility index (Phi) is 3.39. The smallest absolute Gasteiger partial charge is 0.0940 e. The van der Waals surface area contributed by atoms with E-state index >= 15 is 0 Å². The quantitative estimate of drug-likeness (QED) is 0.664. The largest absolute Gasteiger partial charge is 0.472 e. The van der Waals surface area contributed by atoms with Gasteiger partial charge in [-0.05, 0) is 29.9 Å². The third kappa shape index (κ3) is 2.13. The fourth-order valence-electron chi connectivity index (χ4n) is 1.41. The van der Waals surface area contributed by atoms with Crippen LogP contribution in [0.5, 0.6) is 0 Å². The monoisotopic (exact) mass is 166 g/mol. The molecule has 0 saturated carbocycles. The summed E-state index contributed by atoms with van der Waals surface area (Å²) >= 11 is 0. The van der Waals surface area contributed by atoms with E-state index in [1.807, 2.05) is 12.5 Å². The first kappa shape index (κ1) is 9.37. The number of rotatable bonds is 4. The summed E-state index contributed by atoms with van der Waals surface area (Å²) in [6.07, 6.45) is 7.46. The minimum Gasteiger partial charge on any atom is -0.472 e. The van der Waals surface area contributed by atoms with Gasteiger partial charge in [0.2, 0.25) is 0 Å². The molecule has 0 amide bonds. The lowest BCUT2D eigenvalue weighted by Gasteiger charge is -2.04. The Bertz CT molecular complexity index is 223. The number of hydrogen-bond donors (Lipinski definition) is 0. The average molecular weight is 166 g/mol. The molecule has 0 aliphatic rings. The topological polar surface area (TPSA) is 13.1 Å². The lowest BCUT2D eigenvalue weighted by Crippen LogP contribution is -1.91. The van der Waals surface area contributed by atoms with Gasteiger partial charge in [0.15, 0.2) is 0 Å². The van der Waals surface area contributed by atoms with Crippen LogP contribution in [-0.2, 0) is 6.42 Å². The molecule has 0 aliphatic carbocycles. The maximum Gasteiger partial charge on any atom is 0.0940 e. The van der Waals surface area contributed by atoms with Gasteiger partial charge in [0.05, 0.1) is 12.5 Å². The molecule has 0 spiro atoms. The summed E-state index contributed by atoms with van der Waals surface area (Å²) in [6, 6.07) is 0. The second-order valence-corrected chi connectivity index (χ2v) is 3.61. The zero-order chi connectivity index (χ0) is 8.97. The van der Waals surface area contributed by atoms with Crippen molar-refractivity contribution in [3.63, 3.8) is 0 Å². The van der Waals surface area contributed by atoms with Crippen LogP contribution < -0.4 is 0 Å². The first-order chi connectivity index (χ1) is 5.75. The summed E-state index contributed by atoms with van der Waals surface area (Å²) in [5.41, 5.74) is 2.77. The van der Waals surface area contributed by atoms with Crippen LogP contribution in [0.15, 0.2) is 16.9 Å². The predicted molar refractivity (Wildman–Crippen MR) is 51.4 cm³/mol. The summed E-state index contributed by atoms with van der Waals surface area (Å²) in [6.45, 7) is 6.63. The summed E-state index contributed by atoms with van der Waals surface area (Å²) in [5.74, 6) is 0.593. The van der Waals surface area contributed by atoms with E-state index < -0.39 is 0 Å². The summed E-state index contributed by atoms with van der Waals surface area (Å²) < 4.78 is 5.20. The molecule has 0 fully saturated rings. The highest BCUT2D eigenvalue weighted by Crippen LogP contribution is 2.21. The van der Waals surface area contributed by atoms with Gasteiger partial charge in [0.25, 0.3) is 0 Å². The van der Waals surface area contributed by atoms with E-state index in [1.54, 1.807) is 0 Å². The van der Waals surface area contributed by atoms with E-state index in [1.165, 1.54) is 30.4 Å². The summed E-state index contributed by atoms with van der Waals surface area (Å²) in [5, 5.41) is 0. The van der Waals surface area contributed by atoms with E-state index in [-0.39, 0.29) is 0 Å². The maximum atomic E-state index is 5.20. The van der Waals surface area contributed by atoms with Crippen LogP contribution in [0.1, 0.15) is 50.7 Å². The van der Waals surface area contributed by atoms with Gasteiger partial charge >= 0.3 is 0 Å². The summed E-state index contributed by atoms with van der Waals surface area (Å²) in [4.78, 5) is 0. The molecule has 0 aromatic carbocycles. The lowest BCUT2D eigenvalue weighted by atomic mass is 9.99. The summed E-state index contributed by atoms with van der Waals surface area (Å²) in [7, 11) is 0. The van der Waals surface area contributed by atoms with E-state index in [2.05, 4.69) is 20.8 Å². The van der Waals surface area contributed by atoms with Gasteiger partial charge in [-0.1, -0.05) is 27.2 Å². The van der Waals surface area contributed by atoms with Crippen LogP contribution in [0.3, 0.4) is 0 Å². The average Bonchev–Trinajstić information content (AvgIpc) is 2.48. The number of unbranched alkanes of at least 4 members (excludes halogenated alkanes) is 1. The Balaban J connectivity index is 2.64. The van der Waals surface area contributed by atoms with Crippen molar-refractivity contribution in [2.24, 2.45) is 0 Å². The van der Waals surface area contributed by atoms with Crippen LogP contribution in [-0.4, -0.2) is 0 Å². The molecule has 0 bridgehead atoms. The number of hydrogen-bond acceptors (Lipinski definition) is 1. The van der Waals surface area contributed by atoms with E-state index in [0.29, 0.717) is 5.92 Å². The molecule has 1 aromatic rings. The third-order valence-electron chi connectivity index (χ3n) is 2.20. The van der Waals surface area contributed by atoms with Crippen molar-refractivity contribution in [2.45, 2.75) is 46.0 Å². The van der Waals surface area contributed by atoms with Gasteiger partial charge in [0, 0.05) is 0 Å². The molecule has 0 atom stereocenters. The maximum absolute atomic E-state index is 5.20. The standard InChI is InChI=1S/C11H18O/c1-4-5-6-10-7-12-8-11(10)9(2)3/h7-9H,4-6H2,1-3H3. The first-order valence-electron chi connectivity index (χ1n) is 4.80. The van der Waals surface area contributed by atoms with Crippen molar-refractivity contribution in [1.82, 2.24) is 0 Å². The van der Waals surface area contributed by atoms with E-state index in [4.69, 9.17) is 4.42 Å². The fourth-order valence-corrected chi connectivity index (χ4v) is 1.41. The normalized spacial score (nSPS) is 11.0. The van der Waals surface area contributed by atoms with Crippen LogP contribution in [0, 0.1) is 0 Å². The Hall–Kier alpha value is -0.720. The Morgan fingerprint density at radius 3 is 2.67 bits per heavy atom. The molecule has 1 rings (SSSR count). The molecule has 1 heteroatoms. The minimum atomic E-state index is 0.593. The highest BCUT2D eigenvalue weighted by molar-refractivity contribution is 5.24. The highest BCUT2D eigenvalue weighted by atomic mass is 16.3. The minimum absolute atomic E-state index is 0.593. The van der Waals surface area contributed by atoms with Gasteiger partial charge in [-0.3, -0.25) is 0 Å². The van der Waals surface area contributed by atoms with E-state index in [9.17, 15) is 0 Å². The van der Waals surface area contributed by atoms with Gasteiger partial charge in [-0.25, -0.2) is 0 Å². The lowest BCUT2D eigenvalue weighted by molar-refractivity contribution is 0.559. The van der Waals surface area contributed by atoms with Crippen molar-refractivity contribution in [3.8, 4) is 0 Å². The van der Waals surface area contributed by atoms with Gasteiger partial charge in [-0.2, -0.15) is 0 Å². The van der Waals surface area contributed by atoms with Crippen LogP contribution >= 0.6 is 0 Å². The SMILES string of the molecule is CCCCc1cocc1C(C)C. The second-order valence-electron chi connectivity index (χ2n) is 3.61. The van der Waals surface area contributed by atoms with Crippen LogP contribution in [0.4, 0.5) is 0 Å². The highest BCUT2D eigenvalue weighted by Gasteiger charge is 2.07. The van der Waals surface area contributed by atoms with Gasteiger partial charge < -0.3 is 4.42 Å². The Morgan fingerprint density at radius 2 is 2.08 bits per heavy atom. The second kappa shape index (κ2) is 4.34. The zero-order valence-electron chi connectivity index (χ0n) is 8.26. The van der Waals surface area contributed by atoms with Crippen molar-refractivity contribution in [1.29, 1.82) is 0 Å². The molecule has 1 aromatic heterocycles. The Morgan fingerprint density at radius 1 is 1.33 bits per heavy atom. The molecule has 1 heterocycles. The van der Waals surface area contributed by atoms with Crippen molar-refractivity contribution >= 4 is 0 Å². The molecule has 0 N–H and O–H groups in total. The molecular formula is C11H18O. The van der Waals surface area contributed by atoms with Gasteiger partial charge in [-0.15, -0.1) is 0 Å².